The number of rotatable bonds is 6. The number of anilines is 1. The molecular weight excluding hydrogens is 410 g/mol. The van der Waals surface area contributed by atoms with Crippen LogP contribution in [0.5, 0.6) is 5.75 Å². The first-order valence-electron chi connectivity index (χ1n) is 8.51. The first kappa shape index (κ1) is 18.9. The maximum Gasteiger partial charge on any atom is 0.257 e. The zero-order chi connectivity index (χ0) is 19.5. The largest absolute Gasteiger partial charge is 0.494 e. The summed E-state index contributed by atoms with van der Waals surface area (Å²) in [7, 11) is 1.61. The molecule has 0 radical (unpaired) electrons. The number of nitrogens with zero attached hydrogens (tertiary/aromatic N) is 2. The van der Waals surface area contributed by atoms with E-state index in [2.05, 4.69) is 20.7 Å². The van der Waals surface area contributed by atoms with Crippen LogP contribution in [-0.4, -0.2) is 23.0 Å². The van der Waals surface area contributed by atoms with E-state index in [9.17, 15) is 4.79 Å². The van der Waals surface area contributed by atoms with Crippen LogP contribution in [0, 0.1) is 6.92 Å². The number of thiazole rings is 2. The number of aryl methyl sites for hydroxylation is 1. The highest BCUT2D eigenvalue weighted by molar-refractivity contribution is 7.98. The number of carbonyl (C=O) groups is 1. The number of aromatic nitrogens is 2. The number of carbonyl (C=O) groups excluding carboxylic acids is 1. The number of hydrogen-bond acceptors (Lipinski definition) is 7. The molecule has 0 aliphatic carbocycles. The van der Waals surface area contributed by atoms with Crippen molar-refractivity contribution in [3.63, 3.8) is 0 Å². The predicted octanol–water partition coefficient (Wildman–Crippen LogP) is 5.61. The van der Waals surface area contributed by atoms with Crippen LogP contribution in [-0.2, 0) is 5.75 Å². The van der Waals surface area contributed by atoms with Gasteiger partial charge in [0.2, 0.25) is 0 Å². The van der Waals surface area contributed by atoms with Gasteiger partial charge in [-0.3, -0.25) is 10.1 Å². The Morgan fingerprint density at radius 2 is 2.00 bits per heavy atom. The molecule has 4 aromatic rings. The SMILES string of the molecule is COc1cccc2sc(NC(=O)c3ccc(SCc4csc(C)n4)cc3)nc12. The van der Waals surface area contributed by atoms with Crippen LogP contribution in [0.4, 0.5) is 5.13 Å². The zero-order valence-corrected chi connectivity index (χ0v) is 17.7. The summed E-state index contributed by atoms with van der Waals surface area (Å²) < 4.78 is 6.30. The number of nitrogens with one attached hydrogen (secondary N) is 1. The second-order valence-electron chi connectivity index (χ2n) is 5.95. The average molecular weight is 428 g/mol. The van der Waals surface area contributed by atoms with Crippen molar-refractivity contribution >= 4 is 55.7 Å². The van der Waals surface area contributed by atoms with E-state index in [1.165, 1.54) is 11.3 Å². The van der Waals surface area contributed by atoms with Crippen molar-refractivity contribution < 1.29 is 9.53 Å². The number of para-hydroxylation sites is 1. The van der Waals surface area contributed by atoms with Gasteiger partial charge in [-0.1, -0.05) is 17.4 Å². The first-order chi connectivity index (χ1) is 13.6. The fourth-order valence-corrected chi connectivity index (χ4v) is 5.03. The Labute approximate surface area is 174 Å². The van der Waals surface area contributed by atoms with E-state index in [0.29, 0.717) is 16.4 Å². The summed E-state index contributed by atoms with van der Waals surface area (Å²) in [5, 5.41) is 6.59. The molecule has 2 aromatic heterocycles. The first-order valence-corrected chi connectivity index (χ1v) is 11.2. The van der Waals surface area contributed by atoms with Gasteiger partial charge in [-0.05, 0) is 43.3 Å². The Hall–Kier alpha value is -2.42. The van der Waals surface area contributed by atoms with Gasteiger partial charge in [0.15, 0.2) is 5.13 Å². The molecule has 0 unspecified atom stereocenters. The molecular formula is C20H17N3O2S3. The highest BCUT2D eigenvalue weighted by Crippen LogP contribution is 2.32. The summed E-state index contributed by atoms with van der Waals surface area (Å²) in [5.74, 6) is 1.35. The van der Waals surface area contributed by atoms with Gasteiger partial charge in [0.1, 0.15) is 11.3 Å². The molecule has 2 aromatic carbocycles. The van der Waals surface area contributed by atoms with Crippen LogP contribution in [0.15, 0.2) is 52.7 Å². The third-order valence-electron chi connectivity index (χ3n) is 3.99. The van der Waals surface area contributed by atoms with Crippen LogP contribution in [0.3, 0.4) is 0 Å². The van der Waals surface area contributed by atoms with Gasteiger partial charge in [-0.25, -0.2) is 9.97 Å². The minimum absolute atomic E-state index is 0.176. The molecule has 0 spiro atoms. The maximum atomic E-state index is 12.5. The Kier molecular flexibility index (Phi) is 5.61. The van der Waals surface area contributed by atoms with Crippen molar-refractivity contribution in [2.75, 3.05) is 12.4 Å². The van der Waals surface area contributed by atoms with Crippen molar-refractivity contribution in [3.8, 4) is 5.75 Å². The molecule has 0 fully saturated rings. The molecule has 0 bridgehead atoms. The molecule has 0 atom stereocenters. The molecule has 0 saturated heterocycles. The van der Waals surface area contributed by atoms with E-state index in [-0.39, 0.29) is 5.91 Å². The van der Waals surface area contributed by atoms with Crippen molar-refractivity contribution in [2.24, 2.45) is 0 Å². The van der Waals surface area contributed by atoms with Crippen molar-refractivity contribution in [2.45, 2.75) is 17.6 Å². The lowest BCUT2D eigenvalue weighted by atomic mass is 10.2. The summed E-state index contributed by atoms with van der Waals surface area (Å²) in [6.07, 6.45) is 0. The van der Waals surface area contributed by atoms with Gasteiger partial charge in [-0.15, -0.1) is 23.1 Å². The van der Waals surface area contributed by atoms with E-state index >= 15 is 0 Å². The molecule has 5 nitrogen and oxygen atoms in total. The van der Waals surface area contributed by atoms with Crippen LogP contribution in [0.2, 0.25) is 0 Å². The third kappa shape index (κ3) is 4.19. The van der Waals surface area contributed by atoms with Gasteiger partial charge in [-0.2, -0.15) is 0 Å². The maximum absolute atomic E-state index is 12.5. The van der Waals surface area contributed by atoms with Gasteiger partial charge < -0.3 is 4.74 Å². The lowest BCUT2D eigenvalue weighted by Gasteiger charge is -2.04. The highest BCUT2D eigenvalue weighted by atomic mass is 32.2. The topological polar surface area (TPSA) is 64.1 Å². The molecule has 2 heterocycles. The second kappa shape index (κ2) is 8.30. The van der Waals surface area contributed by atoms with Crippen molar-refractivity contribution in [1.29, 1.82) is 0 Å². The van der Waals surface area contributed by atoms with Crippen molar-refractivity contribution in [1.82, 2.24) is 9.97 Å². The number of ether oxygens (including phenoxy) is 1. The van der Waals surface area contributed by atoms with Crippen LogP contribution < -0.4 is 10.1 Å². The standard InChI is InChI=1S/C20H17N3O2S3/c1-12-21-14(10-26-12)11-27-15-8-6-13(7-9-15)19(24)23-20-22-18-16(25-2)4-3-5-17(18)28-20/h3-10H,11H2,1-2H3,(H,22,23,24). The second-order valence-corrected chi connectivity index (χ2v) is 9.09. The molecule has 0 aliphatic heterocycles. The molecule has 0 saturated carbocycles. The number of hydrogen-bond donors (Lipinski definition) is 1. The normalized spacial score (nSPS) is 10.9. The van der Waals surface area contributed by atoms with Crippen LogP contribution >= 0.6 is 34.4 Å². The van der Waals surface area contributed by atoms with Gasteiger partial charge in [0, 0.05) is 21.6 Å². The zero-order valence-electron chi connectivity index (χ0n) is 15.3. The van der Waals surface area contributed by atoms with Gasteiger partial charge >= 0.3 is 0 Å². The fraction of sp³-hybridized carbons (Fsp3) is 0.150. The smallest absolute Gasteiger partial charge is 0.257 e. The highest BCUT2D eigenvalue weighted by Gasteiger charge is 2.12. The van der Waals surface area contributed by atoms with Crippen LogP contribution in [0.25, 0.3) is 10.2 Å². The third-order valence-corrected chi connectivity index (χ3v) is 6.80. The molecule has 1 amide bonds. The number of benzene rings is 2. The van der Waals surface area contributed by atoms with E-state index in [1.807, 2.05) is 49.4 Å². The summed E-state index contributed by atoms with van der Waals surface area (Å²) in [6.45, 7) is 2.01. The Bertz CT molecular complexity index is 1120. The monoisotopic (exact) mass is 427 g/mol. The van der Waals surface area contributed by atoms with Crippen LogP contribution in [0.1, 0.15) is 21.1 Å². The minimum atomic E-state index is -0.176. The molecule has 28 heavy (non-hydrogen) atoms. The Morgan fingerprint density at radius 3 is 2.71 bits per heavy atom. The van der Waals surface area contributed by atoms with E-state index < -0.39 is 0 Å². The number of thioether (sulfide) groups is 1. The molecule has 4 rings (SSSR count). The number of methoxy groups -OCH3 is 1. The summed E-state index contributed by atoms with van der Waals surface area (Å²) >= 11 is 4.79. The average Bonchev–Trinajstić information content (AvgIpc) is 3.31. The van der Waals surface area contributed by atoms with Gasteiger partial charge in [0.05, 0.1) is 22.5 Å². The number of amides is 1. The summed E-state index contributed by atoms with van der Waals surface area (Å²) in [4.78, 5) is 22.6. The van der Waals surface area contributed by atoms with Crippen molar-refractivity contribution in [3.05, 3.63) is 64.1 Å². The van der Waals surface area contributed by atoms with Gasteiger partial charge in [0.25, 0.3) is 5.91 Å². The summed E-state index contributed by atoms with van der Waals surface area (Å²) in [5.41, 5.74) is 2.44. The minimum Gasteiger partial charge on any atom is -0.494 e. The lowest BCUT2D eigenvalue weighted by Crippen LogP contribution is -2.11. The molecule has 142 valence electrons. The predicted molar refractivity (Wildman–Crippen MR) is 117 cm³/mol. The molecule has 1 N–H and O–H groups in total. The Balaban J connectivity index is 1.42. The molecule has 8 heteroatoms. The van der Waals surface area contributed by atoms with E-state index in [1.54, 1.807) is 30.2 Å². The number of fused-ring (bicyclic) bond motifs is 1. The van der Waals surface area contributed by atoms with E-state index in [0.717, 1.165) is 31.6 Å². The van der Waals surface area contributed by atoms with E-state index in [4.69, 9.17) is 4.74 Å². The summed E-state index contributed by atoms with van der Waals surface area (Å²) in [6, 6.07) is 13.3. The Morgan fingerprint density at radius 1 is 1.18 bits per heavy atom. The fourth-order valence-electron chi connectivity index (χ4n) is 2.65. The lowest BCUT2D eigenvalue weighted by molar-refractivity contribution is 0.102. The molecule has 0 aliphatic rings. The quantitative estimate of drug-likeness (QED) is 0.405.